The first-order valence-electron chi connectivity index (χ1n) is 9.69. The first-order chi connectivity index (χ1) is 13.9. The summed E-state index contributed by atoms with van der Waals surface area (Å²) in [5, 5.41) is 2.60. The normalized spacial score (nSPS) is 13.0. The molecule has 0 saturated carbocycles. The van der Waals surface area contributed by atoms with Gasteiger partial charge in [-0.1, -0.05) is 0 Å². The van der Waals surface area contributed by atoms with Crippen LogP contribution in [0.2, 0.25) is 0 Å². The van der Waals surface area contributed by atoms with E-state index in [-0.39, 0.29) is 35.3 Å². The number of aromatic amines is 1. The molecule has 0 saturated heterocycles. The number of carbonyl (C=O) groups excluding carboxylic acids is 3. The fourth-order valence-electron chi connectivity index (χ4n) is 3.41. The van der Waals surface area contributed by atoms with Crippen LogP contribution in [0, 0.1) is 5.82 Å². The standard InChI is InChI=1S/C21H24FN3O4/c1-3-25(4-2)19(27)12-29-18-9-8-13(10-15(18)22)24-21(28)14-11-23-16-6-5-7-17(26)20(14)16/h8-11,23H,3-7,12H2,1-2H3,(H,24,28). The van der Waals surface area contributed by atoms with Crippen LogP contribution in [0.3, 0.4) is 0 Å². The summed E-state index contributed by atoms with van der Waals surface area (Å²) in [7, 11) is 0. The lowest BCUT2D eigenvalue weighted by Crippen LogP contribution is -2.34. The number of fused-ring (bicyclic) bond motifs is 1. The maximum atomic E-state index is 14.3. The first kappa shape index (κ1) is 20.6. The lowest BCUT2D eigenvalue weighted by atomic mass is 9.93. The number of rotatable bonds is 7. The smallest absolute Gasteiger partial charge is 0.260 e. The van der Waals surface area contributed by atoms with E-state index in [1.807, 2.05) is 13.8 Å². The average Bonchev–Trinajstić information content (AvgIpc) is 3.14. The Morgan fingerprint density at radius 2 is 2.00 bits per heavy atom. The van der Waals surface area contributed by atoms with Gasteiger partial charge >= 0.3 is 0 Å². The Morgan fingerprint density at radius 1 is 1.24 bits per heavy atom. The number of benzene rings is 1. The zero-order valence-electron chi connectivity index (χ0n) is 16.5. The number of likely N-dealkylation sites (N-methyl/N-ethyl adjacent to an activating group) is 1. The minimum atomic E-state index is -0.692. The number of H-pyrrole nitrogens is 1. The van der Waals surface area contributed by atoms with E-state index in [2.05, 4.69) is 10.3 Å². The highest BCUT2D eigenvalue weighted by Gasteiger charge is 2.26. The summed E-state index contributed by atoms with van der Waals surface area (Å²) in [6.07, 6.45) is 3.41. The maximum absolute atomic E-state index is 14.3. The molecule has 0 fully saturated rings. The van der Waals surface area contributed by atoms with Gasteiger partial charge in [-0.3, -0.25) is 14.4 Å². The summed E-state index contributed by atoms with van der Waals surface area (Å²) in [5.74, 6) is -1.54. The van der Waals surface area contributed by atoms with Crippen LogP contribution in [0.1, 0.15) is 53.1 Å². The van der Waals surface area contributed by atoms with Gasteiger partial charge in [0.2, 0.25) is 0 Å². The molecule has 0 atom stereocenters. The van der Waals surface area contributed by atoms with Gasteiger partial charge in [-0.2, -0.15) is 0 Å². The predicted octanol–water partition coefficient (Wildman–Crippen LogP) is 3.17. The molecule has 2 amide bonds. The largest absolute Gasteiger partial charge is 0.481 e. The second kappa shape index (κ2) is 8.89. The number of nitrogens with zero attached hydrogens (tertiary/aromatic N) is 1. The number of ether oxygens (including phenoxy) is 1. The number of Topliss-reactive ketones (excluding diaryl/α,β-unsaturated/α-hetero) is 1. The molecule has 0 unspecified atom stereocenters. The van der Waals surface area contributed by atoms with Crippen LogP contribution in [-0.4, -0.2) is 47.2 Å². The van der Waals surface area contributed by atoms with Crippen LogP contribution < -0.4 is 10.1 Å². The Labute approximate surface area is 168 Å². The maximum Gasteiger partial charge on any atom is 0.260 e. The number of ketones is 1. The number of amides is 2. The molecule has 8 heteroatoms. The van der Waals surface area contributed by atoms with Crippen molar-refractivity contribution in [3.63, 3.8) is 0 Å². The summed E-state index contributed by atoms with van der Waals surface area (Å²) in [6.45, 7) is 4.56. The summed E-state index contributed by atoms with van der Waals surface area (Å²) >= 11 is 0. The molecule has 7 nitrogen and oxygen atoms in total. The number of aromatic nitrogens is 1. The van der Waals surface area contributed by atoms with E-state index in [9.17, 15) is 18.8 Å². The van der Waals surface area contributed by atoms with E-state index in [1.54, 1.807) is 4.90 Å². The van der Waals surface area contributed by atoms with Crippen molar-refractivity contribution in [2.45, 2.75) is 33.1 Å². The minimum absolute atomic E-state index is 0.0644. The Morgan fingerprint density at radius 3 is 2.69 bits per heavy atom. The topological polar surface area (TPSA) is 91.5 Å². The third-order valence-electron chi connectivity index (χ3n) is 4.97. The van der Waals surface area contributed by atoms with Crippen LogP contribution in [0.25, 0.3) is 0 Å². The zero-order chi connectivity index (χ0) is 21.0. The number of aryl methyl sites for hydroxylation is 1. The molecule has 3 rings (SSSR count). The van der Waals surface area contributed by atoms with Gasteiger partial charge in [-0.25, -0.2) is 4.39 Å². The van der Waals surface area contributed by atoms with Gasteiger partial charge in [0.05, 0.1) is 11.1 Å². The zero-order valence-corrected chi connectivity index (χ0v) is 16.5. The van der Waals surface area contributed by atoms with Crippen molar-refractivity contribution >= 4 is 23.3 Å². The molecular weight excluding hydrogens is 377 g/mol. The molecular formula is C21H24FN3O4. The first-order valence-corrected chi connectivity index (χ1v) is 9.69. The highest BCUT2D eigenvalue weighted by atomic mass is 19.1. The second-order valence-corrected chi connectivity index (χ2v) is 6.79. The molecule has 29 heavy (non-hydrogen) atoms. The van der Waals surface area contributed by atoms with E-state index in [4.69, 9.17) is 4.74 Å². The number of halogens is 1. The SMILES string of the molecule is CCN(CC)C(=O)COc1ccc(NC(=O)c2c[nH]c3c2C(=O)CCC3)cc1F. The van der Waals surface area contributed by atoms with Crippen LogP contribution in [-0.2, 0) is 11.2 Å². The van der Waals surface area contributed by atoms with E-state index in [0.29, 0.717) is 25.1 Å². The minimum Gasteiger partial charge on any atom is -0.481 e. The summed E-state index contributed by atoms with van der Waals surface area (Å²) < 4.78 is 19.6. The van der Waals surface area contributed by atoms with Gasteiger partial charge in [0, 0.05) is 43.2 Å². The van der Waals surface area contributed by atoms with Crippen molar-refractivity contribution in [3.8, 4) is 5.75 Å². The van der Waals surface area contributed by atoms with Crippen molar-refractivity contribution < 1.29 is 23.5 Å². The van der Waals surface area contributed by atoms with E-state index in [0.717, 1.165) is 24.6 Å². The summed E-state index contributed by atoms with van der Waals surface area (Å²) in [4.78, 5) is 41.2. The van der Waals surface area contributed by atoms with Crippen molar-refractivity contribution in [1.29, 1.82) is 0 Å². The van der Waals surface area contributed by atoms with Crippen molar-refractivity contribution in [2.24, 2.45) is 0 Å². The Balaban J connectivity index is 1.66. The Kier molecular flexibility index (Phi) is 6.31. The molecule has 0 spiro atoms. The van der Waals surface area contributed by atoms with E-state index >= 15 is 0 Å². The molecule has 2 aromatic rings. The lowest BCUT2D eigenvalue weighted by molar-refractivity contribution is -0.133. The van der Waals surface area contributed by atoms with Gasteiger partial charge in [0.15, 0.2) is 24.0 Å². The molecule has 1 aromatic carbocycles. The fraction of sp³-hybridized carbons (Fsp3) is 0.381. The number of anilines is 1. The number of carbonyl (C=O) groups is 3. The van der Waals surface area contributed by atoms with Crippen LogP contribution >= 0.6 is 0 Å². The number of nitrogens with one attached hydrogen (secondary N) is 2. The molecule has 1 aliphatic rings. The van der Waals surface area contributed by atoms with Crippen molar-refractivity contribution in [2.75, 3.05) is 25.0 Å². The predicted molar refractivity (Wildman–Crippen MR) is 106 cm³/mol. The number of hydrogen-bond donors (Lipinski definition) is 2. The molecule has 0 bridgehead atoms. The Hall–Kier alpha value is -3.16. The second-order valence-electron chi connectivity index (χ2n) is 6.79. The fourth-order valence-corrected chi connectivity index (χ4v) is 3.41. The third-order valence-corrected chi connectivity index (χ3v) is 4.97. The molecule has 154 valence electrons. The average molecular weight is 401 g/mol. The van der Waals surface area contributed by atoms with E-state index < -0.39 is 11.7 Å². The highest BCUT2D eigenvalue weighted by molar-refractivity contribution is 6.13. The molecule has 2 N–H and O–H groups in total. The third kappa shape index (κ3) is 4.47. The van der Waals surface area contributed by atoms with Gasteiger partial charge in [-0.15, -0.1) is 0 Å². The lowest BCUT2D eigenvalue weighted by Gasteiger charge is -2.18. The van der Waals surface area contributed by atoms with Gasteiger partial charge in [0.25, 0.3) is 11.8 Å². The van der Waals surface area contributed by atoms with Crippen molar-refractivity contribution in [1.82, 2.24) is 9.88 Å². The highest BCUT2D eigenvalue weighted by Crippen LogP contribution is 2.26. The monoisotopic (exact) mass is 401 g/mol. The molecule has 1 aliphatic carbocycles. The molecule has 1 aromatic heterocycles. The van der Waals surface area contributed by atoms with Crippen LogP contribution in [0.4, 0.5) is 10.1 Å². The van der Waals surface area contributed by atoms with Gasteiger partial charge in [0.1, 0.15) is 0 Å². The van der Waals surface area contributed by atoms with E-state index in [1.165, 1.54) is 18.3 Å². The summed E-state index contributed by atoms with van der Waals surface area (Å²) in [5.41, 5.74) is 1.67. The summed E-state index contributed by atoms with van der Waals surface area (Å²) in [6, 6.07) is 3.97. The molecule has 0 aliphatic heterocycles. The van der Waals surface area contributed by atoms with Gasteiger partial charge in [-0.05, 0) is 38.8 Å². The van der Waals surface area contributed by atoms with Gasteiger partial charge < -0.3 is 19.9 Å². The van der Waals surface area contributed by atoms with Crippen molar-refractivity contribution in [3.05, 3.63) is 47.0 Å². The van der Waals surface area contributed by atoms with Crippen LogP contribution in [0.15, 0.2) is 24.4 Å². The molecule has 0 radical (unpaired) electrons. The number of hydrogen-bond acceptors (Lipinski definition) is 4. The molecule has 1 heterocycles. The quantitative estimate of drug-likeness (QED) is 0.746. The Bertz CT molecular complexity index is 934. The van der Waals surface area contributed by atoms with Crippen LogP contribution in [0.5, 0.6) is 5.75 Å².